The van der Waals surface area contributed by atoms with E-state index < -0.39 is 0 Å². The molecule has 1 rings (SSSR count). The van der Waals surface area contributed by atoms with Crippen molar-refractivity contribution >= 4 is 0 Å². The highest BCUT2D eigenvalue weighted by Crippen LogP contribution is 2.24. The third-order valence-electron chi connectivity index (χ3n) is 1.76. The zero-order valence-electron chi connectivity index (χ0n) is 7.16. The molecule has 0 atom stereocenters. The molecule has 0 aliphatic carbocycles. The van der Waals surface area contributed by atoms with Gasteiger partial charge in [0.1, 0.15) is 12.3 Å². The lowest BCUT2D eigenvalue weighted by Crippen LogP contribution is -1.87. The summed E-state index contributed by atoms with van der Waals surface area (Å²) in [7, 11) is 0. The van der Waals surface area contributed by atoms with Crippen molar-refractivity contribution in [2.45, 2.75) is 20.4 Å². The van der Waals surface area contributed by atoms with Crippen LogP contribution < -0.4 is 0 Å². The molecule has 3 heteroatoms. The van der Waals surface area contributed by atoms with Gasteiger partial charge in [-0.25, -0.2) is 0 Å². The molecule has 1 aromatic rings. The predicted octanol–water partition coefficient (Wildman–Crippen LogP) is 2.28. The first-order valence-corrected chi connectivity index (χ1v) is 3.73. The van der Waals surface area contributed by atoms with Crippen LogP contribution >= 0.6 is 0 Å². The van der Waals surface area contributed by atoms with Gasteiger partial charge in [-0.15, -0.1) is 0 Å². The molecule has 0 spiro atoms. The monoisotopic (exact) mass is 165 g/mol. The Labute approximate surface area is 71.0 Å². The minimum Gasteiger partial charge on any atom is -0.507 e. The Morgan fingerprint density at radius 3 is 2.67 bits per heavy atom. The lowest BCUT2D eigenvalue weighted by atomic mass is 10.1. The molecular formula is C9H11NO2. The van der Waals surface area contributed by atoms with Crippen molar-refractivity contribution in [2.75, 3.05) is 0 Å². The maximum absolute atomic E-state index is 9.99. The Morgan fingerprint density at radius 2 is 2.08 bits per heavy atom. The van der Waals surface area contributed by atoms with E-state index in [0.29, 0.717) is 5.56 Å². The van der Waals surface area contributed by atoms with Crippen LogP contribution in [0.2, 0.25) is 0 Å². The molecule has 0 aliphatic heterocycles. The Hall–Kier alpha value is -1.38. The molecule has 0 unspecified atom stereocenters. The second-order valence-electron chi connectivity index (χ2n) is 2.88. The van der Waals surface area contributed by atoms with Crippen LogP contribution in [-0.2, 0) is 6.54 Å². The van der Waals surface area contributed by atoms with E-state index >= 15 is 0 Å². The van der Waals surface area contributed by atoms with Crippen LogP contribution in [0.15, 0.2) is 17.3 Å². The third kappa shape index (κ3) is 1.61. The molecule has 0 saturated heterocycles. The number of benzene rings is 1. The van der Waals surface area contributed by atoms with Crippen molar-refractivity contribution in [3.05, 3.63) is 33.7 Å². The van der Waals surface area contributed by atoms with E-state index in [1.165, 1.54) is 0 Å². The van der Waals surface area contributed by atoms with Crippen molar-refractivity contribution < 1.29 is 5.11 Å². The zero-order chi connectivity index (χ0) is 9.14. The number of nitrogens with zero attached hydrogens (tertiary/aromatic N) is 1. The van der Waals surface area contributed by atoms with Gasteiger partial charge < -0.3 is 5.11 Å². The van der Waals surface area contributed by atoms with Crippen LogP contribution in [0.3, 0.4) is 0 Å². The number of aromatic hydroxyl groups is 1. The van der Waals surface area contributed by atoms with Gasteiger partial charge in [0.2, 0.25) is 0 Å². The summed E-state index contributed by atoms with van der Waals surface area (Å²) in [5, 5.41) is 12.2. The summed E-state index contributed by atoms with van der Waals surface area (Å²) in [6.07, 6.45) is 0. The Balaban J connectivity index is 3.17. The van der Waals surface area contributed by atoms with Gasteiger partial charge in [0.05, 0.1) is 0 Å². The first-order valence-electron chi connectivity index (χ1n) is 3.73. The highest BCUT2D eigenvalue weighted by atomic mass is 16.3. The molecule has 0 aromatic heterocycles. The molecule has 1 aromatic carbocycles. The minimum absolute atomic E-state index is 0.0361. The van der Waals surface area contributed by atoms with E-state index in [2.05, 4.69) is 5.18 Å². The van der Waals surface area contributed by atoms with E-state index in [1.807, 2.05) is 13.0 Å². The fourth-order valence-corrected chi connectivity index (χ4v) is 1.24. The van der Waals surface area contributed by atoms with Crippen molar-refractivity contribution in [1.82, 2.24) is 0 Å². The largest absolute Gasteiger partial charge is 0.507 e. The third-order valence-corrected chi connectivity index (χ3v) is 1.76. The number of hydrogen-bond acceptors (Lipinski definition) is 3. The number of phenols is 1. The average Bonchev–Trinajstić information content (AvgIpc) is 2.00. The van der Waals surface area contributed by atoms with Gasteiger partial charge in [-0.1, -0.05) is 22.9 Å². The SMILES string of the molecule is Cc1cc(C)c(O)c(CN=O)c1. The van der Waals surface area contributed by atoms with Gasteiger partial charge in [0.25, 0.3) is 0 Å². The standard InChI is InChI=1S/C9H11NO2/c1-6-3-7(2)9(11)8(4-6)5-10-12/h3-4,11H,5H2,1-2H3. The van der Waals surface area contributed by atoms with Gasteiger partial charge in [-0.05, 0) is 19.4 Å². The zero-order valence-corrected chi connectivity index (χ0v) is 7.16. The van der Waals surface area contributed by atoms with Gasteiger partial charge in [-0.3, -0.25) is 0 Å². The summed E-state index contributed by atoms with van der Waals surface area (Å²) < 4.78 is 0. The van der Waals surface area contributed by atoms with E-state index in [4.69, 9.17) is 0 Å². The second-order valence-corrected chi connectivity index (χ2v) is 2.88. The van der Waals surface area contributed by atoms with E-state index in [9.17, 15) is 10.0 Å². The van der Waals surface area contributed by atoms with E-state index in [-0.39, 0.29) is 12.3 Å². The lowest BCUT2D eigenvalue weighted by Gasteiger charge is -2.04. The van der Waals surface area contributed by atoms with Gasteiger partial charge in [0, 0.05) is 5.56 Å². The Morgan fingerprint density at radius 1 is 1.42 bits per heavy atom. The molecule has 0 saturated carbocycles. The molecular weight excluding hydrogens is 154 g/mol. The Bertz CT molecular complexity index is 308. The van der Waals surface area contributed by atoms with Crippen molar-refractivity contribution in [3.63, 3.8) is 0 Å². The molecule has 0 amide bonds. The molecule has 1 N–H and O–H groups in total. The first kappa shape index (κ1) is 8.71. The predicted molar refractivity (Wildman–Crippen MR) is 47.1 cm³/mol. The molecule has 64 valence electrons. The molecule has 0 aliphatic rings. The van der Waals surface area contributed by atoms with Crippen molar-refractivity contribution in [1.29, 1.82) is 0 Å². The summed E-state index contributed by atoms with van der Waals surface area (Å²) in [5.74, 6) is 0.181. The minimum atomic E-state index is 0.0361. The van der Waals surface area contributed by atoms with Gasteiger partial charge in [-0.2, -0.15) is 4.91 Å². The van der Waals surface area contributed by atoms with Crippen LogP contribution in [0, 0.1) is 18.8 Å². The van der Waals surface area contributed by atoms with Crippen molar-refractivity contribution in [3.8, 4) is 5.75 Å². The number of phenolic OH excluding ortho intramolecular Hbond substituents is 1. The molecule has 12 heavy (non-hydrogen) atoms. The van der Waals surface area contributed by atoms with Crippen LogP contribution in [-0.4, -0.2) is 5.11 Å². The summed E-state index contributed by atoms with van der Waals surface area (Å²) in [6.45, 7) is 3.76. The maximum atomic E-state index is 9.99. The van der Waals surface area contributed by atoms with Crippen molar-refractivity contribution in [2.24, 2.45) is 5.18 Å². The molecule has 0 heterocycles. The number of hydrogen-bond donors (Lipinski definition) is 1. The first-order chi connectivity index (χ1) is 5.65. The highest BCUT2D eigenvalue weighted by molar-refractivity contribution is 5.42. The van der Waals surface area contributed by atoms with E-state index in [0.717, 1.165) is 11.1 Å². The Kier molecular flexibility index (Phi) is 2.43. The van der Waals surface area contributed by atoms with Crippen LogP contribution in [0.25, 0.3) is 0 Å². The fourth-order valence-electron chi connectivity index (χ4n) is 1.24. The fraction of sp³-hybridized carbons (Fsp3) is 0.333. The van der Waals surface area contributed by atoms with E-state index in [1.54, 1.807) is 13.0 Å². The summed E-state index contributed by atoms with van der Waals surface area (Å²) in [6, 6.07) is 3.63. The number of aryl methyl sites for hydroxylation is 2. The molecule has 3 nitrogen and oxygen atoms in total. The quantitative estimate of drug-likeness (QED) is 0.683. The summed E-state index contributed by atoms with van der Waals surface area (Å²) in [5.41, 5.74) is 2.42. The average molecular weight is 165 g/mol. The summed E-state index contributed by atoms with van der Waals surface area (Å²) >= 11 is 0. The smallest absolute Gasteiger partial charge is 0.123 e. The molecule has 0 radical (unpaired) electrons. The highest BCUT2D eigenvalue weighted by Gasteiger charge is 2.04. The number of nitroso groups, excluding NO2 is 1. The lowest BCUT2D eigenvalue weighted by molar-refractivity contribution is 0.464. The topological polar surface area (TPSA) is 49.7 Å². The summed E-state index contributed by atoms with van der Waals surface area (Å²) in [4.78, 5) is 9.99. The second kappa shape index (κ2) is 3.34. The van der Waals surface area contributed by atoms with Gasteiger partial charge in [0.15, 0.2) is 0 Å². The number of rotatable bonds is 2. The van der Waals surface area contributed by atoms with Crippen LogP contribution in [0.1, 0.15) is 16.7 Å². The normalized spacial score (nSPS) is 9.83. The molecule has 0 bridgehead atoms. The van der Waals surface area contributed by atoms with Gasteiger partial charge >= 0.3 is 0 Å². The maximum Gasteiger partial charge on any atom is 0.123 e. The van der Waals surface area contributed by atoms with Crippen LogP contribution in [0.4, 0.5) is 0 Å². The molecule has 0 fully saturated rings. The van der Waals surface area contributed by atoms with Crippen LogP contribution in [0.5, 0.6) is 5.75 Å².